The van der Waals surface area contributed by atoms with Gasteiger partial charge in [-0.3, -0.25) is 0 Å². The Hall–Kier alpha value is -1.66. The summed E-state index contributed by atoms with van der Waals surface area (Å²) in [5.41, 5.74) is 2.16. The summed E-state index contributed by atoms with van der Waals surface area (Å²) in [7, 11) is 0. The van der Waals surface area contributed by atoms with Crippen molar-refractivity contribution in [3.05, 3.63) is 40.9 Å². The quantitative estimate of drug-likeness (QED) is 0.680. The number of hydrogen-bond donors (Lipinski definition) is 0. The third-order valence-electron chi connectivity index (χ3n) is 2.47. The van der Waals surface area contributed by atoms with Crippen LogP contribution in [0.3, 0.4) is 0 Å². The molecule has 0 aromatic carbocycles. The molecule has 0 spiro atoms. The van der Waals surface area contributed by atoms with E-state index >= 15 is 0 Å². The monoisotopic (exact) mass is 291 g/mol. The van der Waals surface area contributed by atoms with Gasteiger partial charge in [-0.25, -0.2) is 4.98 Å². The number of halogens is 1. The number of rotatable bonds is 2. The van der Waals surface area contributed by atoms with Crippen LogP contribution in [0.5, 0.6) is 0 Å². The second-order valence-electron chi connectivity index (χ2n) is 4.12. The van der Waals surface area contributed by atoms with Crippen molar-refractivity contribution < 1.29 is 0 Å². The van der Waals surface area contributed by atoms with Crippen molar-refractivity contribution in [1.29, 1.82) is 0 Å². The highest BCUT2D eigenvalue weighted by Crippen LogP contribution is 2.28. The van der Waals surface area contributed by atoms with Crippen LogP contribution in [0.1, 0.15) is 11.3 Å². The molecule has 0 saturated heterocycles. The predicted molar refractivity (Wildman–Crippen MR) is 73.6 cm³/mol. The summed E-state index contributed by atoms with van der Waals surface area (Å²) in [6, 6.07) is 5.82. The van der Waals surface area contributed by atoms with E-state index in [-0.39, 0.29) is 0 Å². The summed E-state index contributed by atoms with van der Waals surface area (Å²) in [6.07, 6.45) is 1.46. The standard InChI is InChI=1S/C12H10ClN5S/c1-7-3-8(2)16-10(4-7)19-11-5-9(13)17-12-14-6-15-18(11)12/h3-6H,1-2H3. The molecule has 0 N–H and O–H groups in total. The van der Waals surface area contributed by atoms with E-state index in [0.29, 0.717) is 10.9 Å². The molecule has 0 aliphatic carbocycles. The van der Waals surface area contributed by atoms with Crippen LogP contribution in [0.15, 0.2) is 34.6 Å². The number of nitrogens with zero attached hydrogens (tertiary/aromatic N) is 5. The van der Waals surface area contributed by atoms with Gasteiger partial charge in [-0.15, -0.1) is 0 Å². The lowest BCUT2D eigenvalue weighted by Gasteiger charge is -2.05. The summed E-state index contributed by atoms with van der Waals surface area (Å²) < 4.78 is 1.65. The first-order valence-corrected chi connectivity index (χ1v) is 6.81. The zero-order valence-electron chi connectivity index (χ0n) is 10.3. The molecule has 19 heavy (non-hydrogen) atoms. The molecule has 0 radical (unpaired) electrons. The lowest BCUT2D eigenvalue weighted by atomic mass is 10.3. The highest BCUT2D eigenvalue weighted by Gasteiger charge is 2.09. The van der Waals surface area contributed by atoms with Crippen molar-refractivity contribution in [2.45, 2.75) is 23.9 Å². The van der Waals surface area contributed by atoms with Crippen molar-refractivity contribution in [2.24, 2.45) is 0 Å². The summed E-state index contributed by atoms with van der Waals surface area (Å²) in [5.74, 6) is 0.486. The maximum absolute atomic E-state index is 5.98. The van der Waals surface area contributed by atoms with E-state index < -0.39 is 0 Å². The number of hydrogen-bond acceptors (Lipinski definition) is 5. The third kappa shape index (κ3) is 2.54. The number of fused-ring (bicyclic) bond motifs is 1. The second kappa shape index (κ2) is 4.79. The molecule has 0 fully saturated rings. The average molecular weight is 292 g/mol. The molecule has 0 aliphatic heterocycles. The molecular formula is C12H10ClN5S. The van der Waals surface area contributed by atoms with E-state index in [9.17, 15) is 0 Å². The molecule has 3 heterocycles. The van der Waals surface area contributed by atoms with Crippen molar-refractivity contribution in [1.82, 2.24) is 24.6 Å². The molecule has 0 unspecified atom stereocenters. The number of aromatic nitrogens is 5. The number of pyridine rings is 1. The van der Waals surface area contributed by atoms with Gasteiger partial charge < -0.3 is 0 Å². The van der Waals surface area contributed by atoms with Gasteiger partial charge in [0.1, 0.15) is 21.5 Å². The van der Waals surface area contributed by atoms with E-state index in [4.69, 9.17) is 11.6 Å². The normalized spacial score (nSPS) is 11.1. The molecule has 3 rings (SSSR count). The van der Waals surface area contributed by atoms with Crippen molar-refractivity contribution in [3.8, 4) is 0 Å². The Bertz CT molecular complexity index is 735. The van der Waals surface area contributed by atoms with Gasteiger partial charge in [-0.2, -0.15) is 19.6 Å². The predicted octanol–water partition coefficient (Wildman–Crippen LogP) is 2.94. The van der Waals surface area contributed by atoms with E-state index in [0.717, 1.165) is 15.7 Å². The lowest BCUT2D eigenvalue weighted by Crippen LogP contribution is -1.96. The average Bonchev–Trinajstić information content (AvgIpc) is 2.75. The van der Waals surface area contributed by atoms with Gasteiger partial charge in [0, 0.05) is 11.8 Å². The Morgan fingerprint density at radius 3 is 2.79 bits per heavy atom. The summed E-state index contributed by atoms with van der Waals surface area (Å²) in [6.45, 7) is 4.02. The Morgan fingerprint density at radius 2 is 2.00 bits per heavy atom. The fraction of sp³-hybridized carbons (Fsp3) is 0.167. The van der Waals surface area contributed by atoms with E-state index in [1.165, 1.54) is 23.7 Å². The first kappa shape index (κ1) is 12.4. The third-order valence-corrected chi connectivity index (χ3v) is 3.58. The van der Waals surface area contributed by atoms with Crippen molar-refractivity contribution >= 4 is 29.1 Å². The molecular weight excluding hydrogens is 282 g/mol. The van der Waals surface area contributed by atoms with E-state index in [1.807, 2.05) is 26.0 Å². The van der Waals surface area contributed by atoms with Crippen LogP contribution in [0.25, 0.3) is 5.78 Å². The largest absolute Gasteiger partial charge is 0.254 e. The zero-order chi connectivity index (χ0) is 13.4. The first-order chi connectivity index (χ1) is 9.11. The first-order valence-electron chi connectivity index (χ1n) is 5.61. The van der Waals surface area contributed by atoms with Gasteiger partial charge in [-0.1, -0.05) is 11.6 Å². The van der Waals surface area contributed by atoms with Crippen LogP contribution in [0.2, 0.25) is 5.15 Å². The highest BCUT2D eigenvalue weighted by atomic mass is 35.5. The summed E-state index contributed by atoms with van der Waals surface area (Å²) >= 11 is 7.47. The molecule has 0 bridgehead atoms. The molecule has 3 aromatic heterocycles. The zero-order valence-corrected chi connectivity index (χ0v) is 11.9. The molecule has 0 aliphatic rings. The molecule has 7 heteroatoms. The van der Waals surface area contributed by atoms with Crippen LogP contribution < -0.4 is 0 Å². The molecule has 0 saturated carbocycles. The molecule has 5 nitrogen and oxygen atoms in total. The van der Waals surface area contributed by atoms with Crippen molar-refractivity contribution in [3.63, 3.8) is 0 Å². The molecule has 96 valence electrons. The van der Waals surface area contributed by atoms with E-state index in [2.05, 4.69) is 20.1 Å². The van der Waals surface area contributed by atoms with Gasteiger partial charge in [0.25, 0.3) is 5.78 Å². The van der Waals surface area contributed by atoms with Gasteiger partial charge in [0.2, 0.25) is 0 Å². The second-order valence-corrected chi connectivity index (χ2v) is 5.54. The minimum atomic E-state index is 0.396. The smallest absolute Gasteiger partial charge is 0.246 e. The van der Waals surface area contributed by atoms with Gasteiger partial charge in [0.15, 0.2) is 0 Å². The number of aryl methyl sites for hydroxylation is 2. The van der Waals surface area contributed by atoms with Crippen LogP contribution >= 0.6 is 23.4 Å². The highest BCUT2D eigenvalue weighted by molar-refractivity contribution is 7.99. The van der Waals surface area contributed by atoms with Gasteiger partial charge in [0.05, 0.1) is 0 Å². The Balaban J connectivity index is 2.07. The minimum Gasteiger partial charge on any atom is -0.246 e. The molecule has 3 aromatic rings. The van der Waals surface area contributed by atoms with Crippen LogP contribution in [0.4, 0.5) is 0 Å². The lowest BCUT2D eigenvalue weighted by molar-refractivity contribution is 0.840. The van der Waals surface area contributed by atoms with Crippen molar-refractivity contribution in [2.75, 3.05) is 0 Å². The summed E-state index contributed by atoms with van der Waals surface area (Å²) in [4.78, 5) is 12.6. The van der Waals surface area contributed by atoms with Gasteiger partial charge >= 0.3 is 0 Å². The Kier molecular flexibility index (Phi) is 3.12. The minimum absolute atomic E-state index is 0.396. The van der Waals surface area contributed by atoms with Crippen LogP contribution in [-0.2, 0) is 0 Å². The molecule has 0 atom stereocenters. The molecule has 0 amide bonds. The summed E-state index contributed by atoms with van der Waals surface area (Å²) in [5, 5.41) is 6.27. The maximum Gasteiger partial charge on any atom is 0.254 e. The van der Waals surface area contributed by atoms with Crippen LogP contribution in [-0.4, -0.2) is 24.6 Å². The Morgan fingerprint density at radius 1 is 1.16 bits per heavy atom. The topological polar surface area (TPSA) is 56.0 Å². The fourth-order valence-corrected chi connectivity index (χ4v) is 3.07. The van der Waals surface area contributed by atoms with Crippen LogP contribution in [0, 0.1) is 13.8 Å². The maximum atomic E-state index is 5.98. The van der Waals surface area contributed by atoms with Gasteiger partial charge in [-0.05, 0) is 43.3 Å². The fourth-order valence-electron chi connectivity index (χ4n) is 1.79. The Labute approximate surface area is 119 Å². The van der Waals surface area contributed by atoms with E-state index in [1.54, 1.807) is 10.6 Å². The SMILES string of the molecule is Cc1cc(C)nc(Sc2cc(Cl)nc3ncnn23)c1.